The van der Waals surface area contributed by atoms with Crippen molar-refractivity contribution in [3.8, 4) is 5.75 Å². The minimum atomic E-state index is -0.855. The van der Waals surface area contributed by atoms with Crippen molar-refractivity contribution in [2.24, 2.45) is 0 Å². The Kier molecular flexibility index (Phi) is 5.28. The van der Waals surface area contributed by atoms with Crippen molar-refractivity contribution in [2.75, 3.05) is 12.8 Å². The van der Waals surface area contributed by atoms with E-state index in [-0.39, 0.29) is 0 Å². The van der Waals surface area contributed by atoms with E-state index in [1.54, 1.807) is 0 Å². The maximum atomic E-state index is 5.67. The molecule has 0 N–H and O–H groups in total. The highest BCUT2D eigenvalue weighted by molar-refractivity contribution is 7.47. The van der Waals surface area contributed by atoms with E-state index in [2.05, 4.69) is 6.58 Å². The molecule has 0 amide bonds. The Labute approximate surface area is 86.5 Å². The monoisotopic (exact) mass is 210 g/mol. The summed E-state index contributed by atoms with van der Waals surface area (Å²) in [6.07, 6.45) is 2.59. The third kappa shape index (κ3) is 3.91. The van der Waals surface area contributed by atoms with Crippen molar-refractivity contribution in [1.82, 2.24) is 0 Å². The molecule has 14 heavy (non-hydrogen) atoms. The fraction of sp³-hybridized carbons (Fsp3) is 0.273. The number of allylic oxidation sites excluding steroid dienone is 1. The number of rotatable bonds is 6. The van der Waals surface area contributed by atoms with Gasteiger partial charge in [-0.15, -0.1) is 6.58 Å². The molecule has 0 saturated carbocycles. The van der Waals surface area contributed by atoms with E-state index in [0.29, 0.717) is 6.61 Å². The molecule has 0 spiro atoms. The molecule has 1 unspecified atom stereocenters. The topological polar surface area (TPSA) is 18.5 Å². The number of benzene rings is 1. The van der Waals surface area contributed by atoms with Gasteiger partial charge < -0.3 is 9.05 Å². The molecule has 0 radical (unpaired) electrons. The molecule has 76 valence electrons. The van der Waals surface area contributed by atoms with E-state index in [1.807, 2.05) is 43.3 Å². The molecular weight excluding hydrogens is 195 g/mol. The third-order valence-corrected chi connectivity index (χ3v) is 3.02. The van der Waals surface area contributed by atoms with E-state index >= 15 is 0 Å². The van der Waals surface area contributed by atoms with Gasteiger partial charge in [-0.3, -0.25) is 0 Å². The SMILES string of the molecule is C=CCP(OCC)Oc1ccccc1. The third-order valence-electron chi connectivity index (χ3n) is 1.50. The Morgan fingerprint density at radius 1 is 1.36 bits per heavy atom. The zero-order valence-electron chi connectivity index (χ0n) is 8.35. The Bertz CT molecular complexity index is 261. The molecule has 0 fully saturated rings. The van der Waals surface area contributed by atoms with Gasteiger partial charge in [0.2, 0.25) is 8.38 Å². The second-order valence-corrected chi connectivity index (χ2v) is 4.10. The van der Waals surface area contributed by atoms with Crippen molar-refractivity contribution >= 4 is 8.38 Å². The molecular formula is C11H15O2P. The van der Waals surface area contributed by atoms with Gasteiger partial charge in [0.1, 0.15) is 5.75 Å². The van der Waals surface area contributed by atoms with Crippen LogP contribution >= 0.6 is 8.38 Å². The Balaban J connectivity index is 2.50. The summed E-state index contributed by atoms with van der Waals surface area (Å²) in [7, 11) is -0.855. The van der Waals surface area contributed by atoms with Gasteiger partial charge in [-0.25, -0.2) is 0 Å². The van der Waals surface area contributed by atoms with E-state index in [1.165, 1.54) is 0 Å². The highest BCUT2D eigenvalue weighted by atomic mass is 31.2. The van der Waals surface area contributed by atoms with Gasteiger partial charge >= 0.3 is 0 Å². The van der Waals surface area contributed by atoms with E-state index in [9.17, 15) is 0 Å². The Morgan fingerprint density at radius 2 is 2.07 bits per heavy atom. The summed E-state index contributed by atoms with van der Waals surface area (Å²) in [5.74, 6) is 0.855. The second-order valence-electron chi connectivity index (χ2n) is 2.63. The van der Waals surface area contributed by atoms with Crippen LogP contribution in [0.4, 0.5) is 0 Å². The Morgan fingerprint density at radius 3 is 2.64 bits per heavy atom. The molecule has 0 saturated heterocycles. The number of para-hydroxylation sites is 1. The minimum Gasteiger partial charge on any atom is -0.447 e. The van der Waals surface area contributed by atoms with Crippen LogP contribution in [0.25, 0.3) is 0 Å². The highest BCUT2D eigenvalue weighted by Gasteiger charge is 2.08. The zero-order chi connectivity index (χ0) is 10.2. The van der Waals surface area contributed by atoms with Crippen LogP contribution in [0.15, 0.2) is 43.0 Å². The summed E-state index contributed by atoms with van der Waals surface area (Å²) in [6.45, 7) is 6.32. The molecule has 1 rings (SSSR count). The number of hydrogen-bond acceptors (Lipinski definition) is 2. The van der Waals surface area contributed by atoms with Gasteiger partial charge in [-0.1, -0.05) is 24.3 Å². The van der Waals surface area contributed by atoms with Crippen LogP contribution in [0.3, 0.4) is 0 Å². The van der Waals surface area contributed by atoms with E-state index in [4.69, 9.17) is 9.05 Å². The lowest BCUT2D eigenvalue weighted by Gasteiger charge is -2.15. The lowest BCUT2D eigenvalue weighted by Crippen LogP contribution is -1.95. The van der Waals surface area contributed by atoms with Crippen LogP contribution in [0.2, 0.25) is 0 Å². The van der Waals surface area contributed by atoms with Crippen molar-refractivity contribution < 1.29 is 9.05 Å². The Hall–Kier alpha value is -0.850. The highest BCUT2D eigenvalue weighted by Crippen LogP contribution is 2.38. The van der Waals surface area contributed by atoms with Gasteiger partial charge in [0.15, 0.2) is 0 Å². The largest absolute Gasteiger partial charge is 0.447 e. The lowest BCUT2D eigenvalue weighted by molar-refractivity contribution is 0.335. The van der Waals surface area contributed by atoms with E-state index in [0.717, 1.165) is 11.9 Å². The molecule has 0 bridgehead atoms. The standard InChI is InChI=1S/C11H15O2P/c1-3-10-14(12-4-2)13-11-8-6-5-7-9-11/h3,5-9H,1,4,10H2,2H3. The zero-order valence-corrected chi connectivity index (χ0v) is 9.24. The summed E-state index contributed by atoms with van der Waals surface area (Å²) < 4.78 is 11.1. The number of hydrogen-bond donors (Lipinski definition) is 0. The van der Waals surface area contributed by atoms with Crippen molar-refractivity contribution in [1.29, 1.82) is 0 Å². The van der Waals surface area contributed by atoms with Crippen LogP contribution in [-0.4, -0.2) is 12.8 Å². The maximum absolute atomic E-state index is 5.67. The molecule has 0 aliphatic heterocycles. The summed E-state index contributed by atoms with van der Waals surface area (Å²) in [5.41, 5.74) is 0. The molecule has 1 atom stereocenters. The average molecular weight is 210 g/mol. The smallest absolute Gasteiger partial charge is 0.234 e. The van der Waals surface area contributed by atoms with Crippen LogP contribution in [0, 0.1) is 0 Å². The van der Waals surface area contributed by atoms with Gasteiger partial charge in [0.05, 0.1) is 6.61 Å². The molecule has 3 heteroatoms. The average Bonchev–Trinajstić information content (AvgIpc) is 2.20. The van der Waals surface area contributed by atoms with Gasteiger partial charge in [0.25, 0.3) is 0 Å². The summed E-state index contributed by atoms with van der Waals surface area (Å²) in [6, 6.07) is 9.71. The van der Waals surface area contributed by atoms with Gasteiger partial charge in [-0.05, 0) is 19.1 Å². The predicted octanol–water partition coefficient (Wildman–Crippen LogP) is 3.60. The van der Waals surface area contributed by atoms with Crippen LogP contribution in [-0.2, 0) is 4.52 Å². The maximum Gasteiger partial charge on any atom is 0.234 e. The van der Waals surface area contributed by atoms with Gasteiger partial charge in [0, 0.05) is 6.16 Å². The minimum absolute atomic E-state index is 0.673. The summed E-state index contributed by atoms with van der Waals surface area (Å²) >= 11 is 0. The molecule has 2 nitrogen and oxygen atoms in total. The molecule has 1 aromatic carbocycles. The van der Waals surface area contributed by atoms with E-state index < -0.39 is 8.38 Å². The van der Waals surface area contributed by atoms with Crippen LogP contribution < -0.4 is 4.52 Å². The molecule has 0 heterocycles. The first-order valence-electron chi connectivity index (χ1n) is 4.61. The lowest BCUT2D eigenvalue weighted by atomic mass is 10.3. The van der Waals surface area contributed by atoms with Gasteiger partial charge in [-0.2, -0.15) is 0 Å². The summed E-state index contributed by atoms with van der Waals surface area (Å²) in [5, 5.41) is 0. The second kappa shape index (κ2) is 6.58. The first-order valence-corrected chi connectivity index (χ1v) is 5.97. The van der Waals surface area contributed by atoms with Crippen molar-refractivity contribution in [3.05, 3.63) is 43.0 Å². The van der Waals surface area contributed by atoms with Crippen molar-refractivity contribution in [3.63, 3.8) is 0 Å². The first kappa shape index (κ1) is 11.2. The molecule has 1 aromatic rings. The molecule has 0 aliphatic rings. The van der Waals surface area contributed by atoms with Crippen molar-refractivity contribution in [2.45, 2.75) is 6.92 Å². The van der Waals surface area contributed by atoms with Crippen LogP contribution in [0.5, 0.6) is 5.75 Å². The van der Waals surface area contributed by atoms with Crippen LogP contribution in [0.1, 0.15) is 6.92 Å². The summed E-state index contributed by atoms with van der Waals surface area (Å²) in [4.78, 5) is 0. The fourth-order valence-corrected chi connectivity index (χ4v) is 2.05. The predicted molar refractivity (Wildman–Crippen MR) is 60.7 cm³/mol. The quantitative estimate of drug-likeness (QED) is 0.527. The first-order chi connectivity index (χ1) is 6.86. The molecule has 0 aromatic heterocycles. The normalized spacial score (nSPS) is 12.1. The molecule has 0 aliphatic carbocycles. The fourth-order valence-electron chi connectivity index (χ4n) is 0.965.